The molecule has 2 aromatic carbocycles. The van der Waals surface area contributed by atoms with Gasteiger partial charge in [0.15, 0.2) is 5.60 Å². The van der Waals surface area contributed by atoms with E-state index in [2.05, 4.69) is 4.74 Å². The summed E-state index contributed by atoms with van der Waals surface area (Å²) < 4.78 is 24.0. The Morgan fingerprint density at radius 3 is 2.52 bits per heavy atom. The Labute approximate surface area is 134 Å². The van der Waals surface area contributed by atoms with Crippen LogP contribution in [-0.2, 0) is 21.7 Å². The van der Waals surface area contributed by atoms with Gasteiger partial charge in [-0.15, -0.1) is 0 Å². The van der Waals surface area contributed by atoms with Crippen LogP contribution in [-0.4, -0.2) is 18.2 Å². The van der Waals surface area contributed by atoms with Gasteiger partial charge >= 0.3 is 5.97 Å². The van der Waals surface area contributed by atoms with Crippen molar-refractivity contribution < 1.29 is 23.8 Å². The van der Waals surface area contributed by atoms with Crippen molar-refractivity contribution in [3.63, 3.8) is 0 Å². The van der Waals surface area contributed by atoms with Crippen LogP contribution in [0.3, 0.4) is 0 Å². The van der Waals surface area contributed by atoms with Crippen molar-refractivity contribution in [3.05, 3.63) is 65.5 Å². The van der Waals surface area contributed by atoms with E-state index in [9.17, 15) is 14.3 Å². The molecule has 0 bridgehead atoms. The van der Waals surface area contributed by atoms with E-state index in [-0.39, 0.29) is 24.3 Å². The lowest BCUT2D eigenvalue weighted by molar-refractivity contribution is -0.164. The number of hydrogen-bond acceptors (Lipinski definition) is 4. The zero-order valence-corrected chi connectivity index (χ0v) is 13.1. The molecule has 23 heavy (non-hydrogen) atoms. The van der Waals surface area contributed by atoms with Crippen LogP contribution in [0.2, 0.25) is 0 Å². The Kier molecular flexibility index (Phi) is 5.34. The number of hydrogen-bond donors (Lipinski definition) is 1. The van der Waals surface area contributed by atoms with Gasteiger partial charge in [0.05, 0.1) is 7.11 Å². The molecule has 0 saturated carbocycles. The SMILES string of the molecule is CC[C@@](O)(C(=O)OC)c1cc(F)cc(OCc2ccccc2)c1. The van der Waals surface area contributed by atoms with Crippen LogP contribution >= 0.6 is 0 Å². The fraction of sp³-hybridized carbons (Fsp3) is 0.278. The monoisotopic (exact) mass is 318 g/mol. The van der Waals surface area contributed by atoms with Gasteiger partial charge in [-0.25, -0.2) is 9.18 Å². The molecule has 0 unspecified atom stereocenters. The van der Waals surface area contributed by atoms with Crippen molar-refractivity contribution in [1.82, 2.24) is 0 Å². The minimum Gasteiger partial charge on any atom is -0.489 e. The fourth-order valence-electron chi connectivity index (χ4n) is 2.26. The average Bonchev–Trinajstić information content (AvgIpc) is 2.59. The lowest BCUT2D eigenvalue weighted by Crippen LogP contribution is -2.36. The minimum absolute atomic E-state index is 0.0568. The summed E-state index contributed by atoms with van der Waals surface area (Å²) >= 11 is 0. The molecule has 2 rings (SSSR count). The van der Waals surface area contributed by atoms with E-state index in [1.165, 1.54) is 19.2 Å². The van der Waals surface area contributed by atoms with Crippen LogP contribution in [0.1, 0.15) is 24.5 Å². The first-order valence-electron chi connectivity index (χ1n) is 7.28. The van der Waals surface area contributed by atoms with E-state index in [1.54, 1.807) is 6.92 Å². The van der Waals surface area contributed by atoms with E-state index < -0.39 is 17.4 Å². The van der Waals surface area contributed by atoms with Gasteiger partial charge < -0.3 is 14.6 Å². The second kappa shape index (κ2) is 7.24. The summed E-state index contributed by atoms with van der Waals surface area (Å²) in [5.41, 5.74) is -0.867. The molecule has 0 spiro atoms. The number of benzene rings is 2. The molecule has 5 heteroatoms. The standard InChI is InChI=1S/C18H19FO4/c1-3-18(21,17(20)22-2)14-9-15(19)11-16(10-14)23-12-13-7-5-4-6-8-13/h4-11,21H,3,12H2,1-2H3/t18-/m0/s1. The molecule has 4 nitrogen and oxygen atoms in total. The molecule has 0 fully saturated rings. The molecule has 0 aliphatic rings. The van der Waals surface area contributed by atoms with Gasteiger partial charge in [0, 0.05) is 11.6 Å². The lowest BCUT2D eigenvalue weighted by atomic mass is 9.91. The first kappa shape index (κ1) is 17.0. The summed E-state index contributed by atoms with van der Waals surface area (Å²) in [5, 5.41) is 10.5. The van der Waals surface area contributed by atoms with E-state index in [0.29, 0.717) is 0 Å². The molecule has 122 valence electrons. The van der Waals surface area contributed by atoms with Gasteiger partial charge in [0.2, 0.25) is 0 Å². The maximum atomic E-state index is 13.8. The molecule has 0 heterocycles. The van der Waals surface area contributed by atoms with Crippen molar-refractivity contribution in [1.29, 1.82) is 0 Å². The Balaban J connectivity index is 2.26. The summed E-state index contributed by atoms with van der Waals surface area (Å²) in [5.74, 6) is -1.19. The summed E-state index contributed by atoms with van der Waals surface area (Å²) in [6.45, 7) is 1.87. The maximum absolute atomic E-state index is 13.8. The van der Waals surface area contributed by atoms with Crippen LogP contribution in [0.5, 0.6) is 5.75 Å². The second-order valence-electron chi connectivity index (χ2n) is 5.16. The Morgan fingerprint density at radius 1 is 1.22 bits per heavy atom. The zero-order chi connectivity index (χ0) is 16.9. The number of carbonyl (C=O) groups is 1. The molecule has 2 aromatic rings. The molecular formula is C18H19FO4. The number of methoxy groups -OCH3 is 1. The summed E-state index contributed by atoms with van der Waals surface area (Å²) in [6, 6.07) is 13.2. The second-order valence-corrected chi connectivity index (χ2v) is 5.16. The molecule has 0 aromatic heterocycles. The smallest absolute Gasteiger partial charge is 0.342 e. The maximum Gasteiger partial charge on any atom is 0.342 e. The van der Waals surface area contributed by atoms with Crippen LogP contribution in [0.25, 0.3) is 0 Å². The van der Waals surface area contributed by atoms with E-state index in [1.807, 2.05) is 30.3 Å². The minimum atomic E-state index is -1.90. The van der Waals surface area contributed by atoms with Crippen molar-refractivity contribution in [3.8, 4) is 5.75 Å². The van der Waals surface area contributed by atoms with Gasteiger partial charge in [0.1, 0.15) is 18.2 Å². The van der Waals surface area contributed by atoms with E-state index >= 15 is 0 Å². The first-order chi connectivity index (χ1) is 11.0. The molecule has 1 N–H and O–H groups in total. The highest BCUT2D eigenvalue weighted by atomic mass is 19.1. The number of carbonyl (C=O) groups excluding carboxylic acids is 1. The summed E-state index contributed by atoms with van der Waals surface area (Å²) in [7, 11) is 1.18. The Morgan fingerprint density at radius 2 is 1.91 bits per heavy atom. The number of esters is 1. The molecule has 0 radical (unpaired) electrons. The largest absolute Gasteiger partial charge is 0.489 e. The highest BCUT2D eigenvalue weighted by Gasteiger charge is 2.38. The number of rotatable bonds is 6. The number of halogens is 1. The molecular weight excluding hydrogens is 299 g/mol. The van der Waals surface area contributed by atoms with Crippen molar-refractivity contribution >= 4 is 5.97 Å². The third kappa shape index (κ3) is 3.87. The molecule has 0 saturated heterocycles. The van der Waals surface area contributed by atoms with Crippen molar-refractivity contribution in [2.45, 2.75) is 25.6 Å². The van der Waals surface area contributed by atoms with Crippen molar-refractivity contribution in [2.75, 3.05) is 7.11 Å². The predicted octanol–water partition coefficient (Wildman–Crippen LogP) is 3.18. The topological polar surface area (TPSA) is 55.8 Å². The van der Waals surface area contributed by atoms with E-state index in [0.717, 1.165) is 11.6 Å². The molecule has 1 atom stereocenters. The summed E-state index contributed by atoms with van der Waals surface area (Å²) in [6.07, 6.45) is 0.0568. The Bertz CT molecular complexity index is 672. The first-order valence-corrected chi connectivity index (χ1v) is 7.28. The van der Waals surface area contributed by atoms with Crippen LogP contribution in [0.4, 0.5) is 4.39 Å². The van der Waals surface area contributed by atoms with E-state index in [4.69, 9.17) is 4.74 Å². The summed E-state index contributed by atoms with van der Waals surface area (Å²) in [4.78, 5) is 11.8. The predicted molar refractivity (Wildman–Crippen MR) is 83.4 cm³/mol. The third-order valence-electron chi connectivity index (χ3n) is 3.63. The van der Waals surface area contributed by atoms with Crippen LogP contribution in [0, 0.1) is 5.82 Å². The van der Waals surface area contributed by atoms with Gasteiger partial charge in [-0.3, -0.25) is 0 Å². The van der Waals surface area contributed by atoms with Crippen molar-refractivity contribution in [2.24, 2.45) is 0 Å². The average molecular weight is 318 g/mol. The highest BCUT2D eigenvalue weighted by Crippen LogP contribution is 2.30. The van der Waals surface area contributed by atoms with Crippen LogP contribution < -0.4 is 4.74 Å². The third-order valence-corrected chi connectivity index (χ3v) is 3.63. The van der Waals surface area contributed by atoms with Crippen LogP contribution in [0.15, 0.2) is 48.5 Å². The highest BCUT2D eigenvalue weighted by molar-refractivity contribution is 5.81. The fourth-order valence-corrected chi connectivity index (χ4v) is 2.26. The normalized spacial score (nSPS) is 13.2. The molecule has 0 aliphatic carbocycles. The molecule has 0 amide bonds. The van der Waals surface area contributed by atoms with Gasteiger partial charge in [-0.05, 0) is 24.1 Å². The van der Waals surface area contributed by atoms with Gasteiger partial charge in [0.25, 0.3) is 0 Å². The number of aliphatic hydroxyl groups is 1. The quantitative estimate of drug-likeness (QED) is 0.831. The van der Waals surface area contributed by atoms with Gasteiger partial charge in [-0.1, -0.05) is 37.3 Å². The lowest BCUT2D eigenvalue weighted by Gasteiger charge is -2.24. The Hall–Kier alpha value is -2.40. The zero-order valence-electron chi connectivity index (χ0n) is 13.1. The van der Waals surface area contributed by atoms with Gasteiger partial charge in [-0.2, -0.15) is 0 Å². The number of ether oxygens (including phenoxy) is 2. The molecule has 0 aliphatic heterocycles.